The van der Waals surface area contributed by atoms with Crippen molar-refractivity contribution in [1.29, 1.82) is 0 Å². The smallest absolute Gasteiger partial charge is 0.261 e. The molecule has 0 aliphatic carbocycles. The van der Waals surface area contributed by atoms with Gasteiger partial charge in [0.25, 0.3) is 15.0 Å². The molecule has 1 amide bonds. The van der Waals surface area contributed by atoms with Crippen LogP contribution in [0.2, 0.25) is 0 Å². The number of halogens is 1. The van der Waals surface area contributed by atoms with Gasteiger partial charge in [0.05, 0.1) is 4.90 Å². The van der Waals surface area contributed by atoms with E-state index in [1.807, 2.05) is 13.8 Å². The van der Waals surface area contributed by atoms with Crippen LogP contribution < -0.4 is 0 Å². The van der Waals surface area contributed by atoms with Crippen LogP contribution in [0.5, 0.6) is 0 Å². The molecule has 0 saturated heterocycles. The van der Waals surface area contributed by atoms with Crippen LogP contribution >= 0.6 is 10.7 Å². The minimum Gasteiger partial charge on any atom is -0.333 e. The van der Waals surface area contributed by atoms with E-state index in [-0.39, 0.29) is 16.8 Å². The first-order chi connectivity index (χ1) is 8.77. The van der Waals surface area contributed by atoms with Gasteiger partial charge in [-0.2, -0.15) is 0 Å². The second kappa shape index (κ2) is 6.21. The van der Waals surface area contributed by atoms with Crippen LogP contribution in [-0.4, -0.2) is 31.8 Å². The molecule has 1 rings (SSSR count). The van der Waals surface area contributed by atoms with Crippen molar-refractivity contribution in [2.75, 3.05) is 6.54 Å². The highest BCUT2D eigenvalue weighted by Crippen LogP contribution is 2.16. The van der Waals surface area contributed by atoms with E-state index in [4.69, 9.17) is 10.7 Å². The Morgan fingerprint density at radius 1 is 1.37 bits per heavy atom. The molecule has 0 fully saturated rings. The van der Waals surface area contributed by atoms with Crippen LogP contribution in [0.15, 0.2) is 41.8 Å². The van der Waals surface area contributed by atoms with Gasteiger partial charge in [-0.3, -0.25) is 4.79 Å². The average molecular weight is 302 g/mol. The summed E-state index contributed by atoms with van der Waals surface area (Å²) in [5.74, 6) is -0.173. The number of hydrogen-bond donors (Lipinski definition) is 0. The fourth-order valence-corrected chi connectivity index (χ4v) is 2.36. The van der Waals surface area contributed by atoms with Crippen molar-refractivity contribution in [2.45, 2.75) is 24.8 Å². The summed E-state index contributed by atoms with van der Waals surface area (Å²) in [6, 6.07) is 5.58. The third kappa shape index (κ3) is 4.08. The van der Waals surface area contributed by atoms with Crippen molar-refractivity contribution in [2.24, 2.45) is 0 Å². The van der Waals surface area contributed by atoms with E-state index in [1.54, 1.807) is 11.0 Å². The van der Waals surface area contributed by atoms with E-state index >= 15 is 0 Å². The van der Waals surface area contributed by atoms with Gasteiger partial charge in [0.2, 0.25) is 0 Å². The van der Waals surface area contributed by atoms with Crippen LogP contribution in [0.25, 0.3) is 0 Å². The lowest BCUT2D eigenvalue weighted by Crippen LogP contribution is -2.37. The molecule has 4 nitrogen and oxygen atoms in total. The molecule has 0 N–H and O–H groups in total. The monoisotopic (exact) mass is 301 g/mol. The summed E-state index contributed by atoms with van der Waals surface area (Å²) >= 11 is 0. The number of benzene rings is 1. The van der Waals surface area contributed by atoms with Crippen LogP contribution in [0.4, 0.5) is 0 Å². The number of hydrogen-bond acceptors (Lipinski definition) is 3. The van der Waals surface area contributed by atoms with Crippen molar-refractivity contribution >= 4 is 25.6 Å². The molecule has 0 aliphatic heterocycles. The van der Waals surface area contributed by atoms with Gasteiger partial charge in [0.15, 0.2) is 0 Å². The van der Waals surface area contributed by atoms with Crippen molar-refractivity contribution < 1.29 is 13.2 Å². The Morgan fingerprint density at radius 2 is 1.89 bits per heavy atom. The Kier molecular flexibility index (Phi) is 5.14. The second-order valence-electron chi connectivity index (χ2n) is 4.30. The van der Waals surface area contributed by atoms with Gasteiger partial charge in [-0.05, 0) is 38.1 Å². The summed E-state index contributed by atoms with van der Waals surface area (Å²) in [5.41, 5.74) is 0.416. The molecule has 0 atom stereocenters. The van der Waals surface area contributed by atoms with Crippen LogP contribution in [-0.2, 0) is 9.05 Å². The lowest BCUT2D eigenvalue weighted by molar-refractivity contribution is 0.0728. The van der Waals surface area contributed by atoms with Crippen molar-refractivity contribution in [3.05, 3.63) is 42.5 Å². The third-order valence-corrected chi connectivity index (χ3v) is 3.96. The summed E-state index contributed by atoms with van der Waals surface area (Å²) in [4.78, 5) is 13.8. The summed E-state index contributed by atoms with van der Waals surface area (Å²) < 4.78 is 22.2. The maximum atomic E-state index is 12.2. The number of carbonyl (C=O) groups excluding carboxylic acids is 1. The van der Waals surface area contributed by atoms with Crippen LogP contribution in [0.1, 0.15) is 24.2 Å². The third-order valence-electron chi connectivity index (χ3n) is 2.59. The van der Waals surface area contributed by atoms with Crippen molar-refractivity contribution in [1.82, 2.24) is 4.90 Å². The SMILES string of the molecule is C=CCN(C(=O)c1ccc(S(=O)(=O)Cl)cc1)C(C)C. The molecule has 6 heteroatoms. The Morgan fingerprint density at radius 3 is 2.26 bits per heavy atom. The predicted molar refractivity (Wildman–Crippen MR) is 75.9 cm³/mol. The molecule has 19 heavy (non-hydrogen) atoms. The molecule has 0 spiro atoms. The van der Waals surface area contributed by atoms with Gasteiger partial charge in [-0.25, -0.2) is 8.42 Å². The molecule has 0 radical (unpaired) electrons. The Balaban J connectivity index is 3.03. The minimum absolute atomic E-state index is 0.0227. The summed E-state index contributed by atoms with van der Waals surface area (Å²) in [7, 11) is 1.46. The highest BCUT2D eigenvalue weighted by Gasteiger charge is 2.18. The second-order valence-corrected chi connectivity index (χ2v) is 6.87. The zero-order valence-electron chi connectivity index (χ0n) is 10.8. The van der Waals surface area contributed by atoms with E-state index < -0.39 is 9.05 Å². The Labute approximate surface area is 118 Å². The van der Waals surface area contributed by atoms with Crippen LogP contribution in [0.3, 0.4) is 0 Å². The van der Waals surface area contributed by atoms with E-state index in [1.165, 1.54) is 24.3 Å². The van der Waals surface area contributed by atoms with E-state index in [2.05, 4.69) is 6.58 Å². The fourth-order valence-electron chi connectivity index (χ4n) is 1.59. The summed E-state index contributed by atoms with van der Waals surface area (Å²) in [5, 5.41) is 0. The van der Waals surface area contributed by atoms with E-state index in [9.17, 15) is 13.2 Å². The van der Waals surface area contributed by atoms with Gasteiger partial charge in [-0.15, -0.1) is 6.58 Å². The average Bonchev–Trinajstić information content (AvgIpc) is 2.34. The molecule has 0 bridgehead atoms. The Bertz CT molecular complexity index is 564. The van der Waals surface area contributed by atoms with Crippen molar-refractivity contribution in [3.63, 3.8) is 0 Å². The zero-order valence-corrected chi connectivity index (χ0v) is 12.4. The number of nitrogens with zero attached hydrogens (tertiary/aromatic N) is 1. The molecule has 0 aromatic heterocycles. The number of carbonyl (C=O) groups is 1. The first-order valence-corrected chi connectivity index (χ1v) is 8.05. The quantitative estimate of drug-likeness (QED) is 0.620. The highest BCUT2D eigenvalue weighted by molar-refractivity contribution is 8.13. The molecule has 0 heterocycles. The molecule has 0 aliphatic rings. The maximum Gasteiger partial charge on any atom is 0.261 e. The van der Waals surface area contributed by atoms with E-state index in [0.717, 1.165) is 0 Å². The van der Waals surface area contributed by atoms with Crippen molar-refractivity contribution in [3.8, 4) is 0 Å². The van der Waals surface area contributed by atoms with Gasteiger partial charge < -0.3 is 4.90 Å². The van der Waals surface area contributed by atoms with Gasteiger partial charge in [0, 0.05) is 28.8 Å². The molecular weight excluding hydrogens is 286 g/mol. The van der Waals surface area contributed by atoms with E-state index in [0.29, 0.717) is 12.1 Å². The topological polar surface area (TPSA) is 54.5 Å². The first kappa shape index (κ1) is 15.7. The predicted octanol–water partition coefficient (Wildman–Crippen LogP) is 2.65. The summed E-state index contributed by atoms with van der Waals surface area (Å²) in [6.07, 6.45) is 1.65. The molecule has 0 saturated carbocycles. The lowest BCUT2D eigenvalue weighted by atomic mass is 10.1. The maximum absolute atomic E-state index is 12.2. The standard InChI is InChI=1S/C13H16ClNO3S/c1-4-9-15(10(2)3)13(16)11-5-7-12(8-6-11)19(14,17)18/h4-8,10H,1,9H2,2-3H3. The minimum atomic E-state index is -3.76. The molecule has 1 aromatic carbocycles. The van der Waals surface area contributed by atoms with Gasteiger partial charge in [-0.1, -0.05) is 6.08 Å². The molecular formula is C13H16ClNO3S. The largest absolute Gasteiger partial charge is 0.333 e. The fraction of sp³-hybridized carbons (Fsp3) is 0.308. The number of rotatable bonds is 5. The normalized spacial score (nSPS) is 11.4. The van der Waals surface area contributed by atoms with Gasteiger partial charge in [0.1, 0.15) is 0 Å². The first-order valence-electron chi connectivity index (χ1n) is 5.74. The molecule has 1 aromatic rings. The number of amides is 1. The lowest BCUT2D eigenvalue weighted by Gasteiger charge is -2.25. The molecule has 104 valence electrons. The zero-order chi connectivity index (χ0) is 14.6. The van der Waals surface area contributed by atoms with Gasteiger partial charge >= 0.3 is 0 Å². The molecule has 0 unspecified atom stereocenters. The Hall–Kier alpha value is -1.33. The summed E-state index contributed by atoms with van der Waals surface area (Å²) in [6.45, 7) is 7.85. The van der Waals surface area contributed by atoms with Crippen LogP contribution in [0, 0.1) is 0 Å². The highest BCUT2D eigenvalue weighted by atomic mass is 35.7.